The number of aromatic nitrogens is 3. The Morgan fingerprint density at radius 1 is 1.39 bits per heavy atom. The van der Waals surface area contributed by atoms with Gasteiger partial charge < -0.3 is 0 Å². The van der Waals surface area contributed by atoms with E-state index in [9.17, 15) is 0 Å². The van der Waals surface area contributed by atoms with Crippen LogP contribution < -0.4 is 11.3 Å². The highest BCUT2D eigenvalue weighted by molar-refractivity contribution is 7.12. The lowest BCUT2D eigenvalue weighted by molar-refractivity contribution is 0.650. The summed E-state index contributed by atoms with van der Waals surface area (Å²) in [5, 5.41) is 4.31. The maximum Gasteiger partial charge on any atom is 0.0896 e. The Balaban J connectivity index is 2.11. The Hall–Kier alpha value is -1.76. The van der Waals surface area contributed by atoms with E-state index >= 15 is 0 Å². The van der Waals surface area contributed by atoms with Gasteiger partial charge in [0.15, 0.2) is 0 Å². The van der Waals surface area contributed by atoms with Crippen LogP contribution in [0.25, 0.3) is 5.52 Å². The molecule has 0 aliphatic carbocycles. The number of fused-ring (bicyclic) bond motifs is 1. The molecule has 0 saturated heterocycles. The third kappa shape index (κ3) is 1.80. The molecule has 0 bridgehead atoms. The molecule has 3 N–H and O–H groups in total. The number of nitrogens with two attached hydrogens (primary N) is 1. The summed E-state index contributed by atoms with van der Waals surface area (Å²) in [6, 6.07) is 4.13. The predicted octanol–water partition coefficient (Wildman–Crippen LogP) is 1.65. The zero-order valence-electron chi connectivity index (χ0n) is 9.87. The second kappa shape index (κ2) is 4.49. The molecule has 0 aromatic carbocycles. The van der Waals surface area contributed by atoms with Crippen LogP contribution in [0.15, 0.2) is 36.9 Å². The molecule has 5 nitrogen and oxygen atoms in total. The highest BCUT2D eigenvalue weighted by Crippen LogP contribution is 2.29. The van der Waals surface area contributed by atoms with Crippen LogP contribution in [0.3, 0.4) is 0 Å². The van der Waals surface area contributed by atoms with Crippen LogP contribution >= 0.6 is 11.3 Å². The van der Waals surface area contributed by atoms with Gasteiger partial charge in [0, 0.05) is 27.7 Å². The fourth-order valence-corrected chi connectivity index (χ4v) is 2.97. The van der Waals surface area contributed by atoms with Gasteiger partial charge in [-0.05, 0) is 19.1 Å². The van der Waals surface area contributed by atoms with Crippen molar-refractivity contribution >= 4 is 16.9 Å². The van der Waals surface area contributed by atoms with E-state index in [0.717, 1.165) is 11.1 Å². The van der Waals surface area contributed by atoms with Crippen molar-refractivity contribution in [2.45, 2.75) is 13.0 Å². The van der Waals surface area contributed by atoms with E-state index in [0.29, 0.717) is 0 Å². The molecule has 6 heteroatoms. The Morgan fingerprint density at radius 2 is 2.28 bits per heavy atom. The SMILES string of the molecule is Cc1ccc(C(NN)c2cnn3ccncc23)s1. The summed E-state index contributed by atoms with van der Waals surface area (Å²) in [7, 11) is 0. The number of hydrogen-bond donors (Lipinski definition) is 2. The van der Waals surface area contributed by atoms with E-state index < -0.39 is 0 Å². The van der Waals surface area contributed by atoms with Crippen LogP contribution in [-0.4, -0.2) is 14.6 Å². The molecule has 0 aliphatic rings. The molecule has 18 heavy (non-hydrogen) atoms. The number of hydrazine groups is 1. The summed E-state index contributed by atoms with van der Waals surface area (Å²) in [5.74, 6) is 5.70. The van der Waals surface area contributed by atoms with E-state index in [1.165, 1.54) is 9.75 Å². The topological polar surface area (TPSA) is 68.2 Å². The summed E-state index contributed by atoms with van der Waals surface area (Å²) in [5.41, 5.74) is 4.85. The van der Waals surface area contributed by atoms with E-state index in [1.807, 2.05) is 12.4 Å². The lowest BCUT2D eigenvalue weighted by atomic mass is 10.1. The summed E-state index contributed by atoms with van der Waals surface area (Å²) in [6.45, 7) is 2.08. The maximum atomic E-state index is 5.70. The molecule has 0 fully saturated rings. The first-order valence-corrected chi connectivity index (χ1v) is 6.41. The number of nitrogens with zero attached hydrogens (tertiary/aromatic N) is 3. The van der Waals surface area contributed by atoms with Gasteiger partial charge in [-0.15, -0.1) is 11.3 Å². The van der Waals surface area contributed by atoms with Gasteiger partial charge >= 0.3 is 0 Å². The Morgan fingerprint density at radius 3 is 3.00 bits per heavy atom. The molecule has 0 aliphatic heterocycles. The molecule has 0 radical (unpaired) electrons. The number of thiophene rings is 1. The third-order valence-corrected chi connectivity index (χ3v) is 3.94. The summed E-state index contributed by atoms with van der Waals surface area (Å²) in [4.78, 5) is 6.57. The summed E-state index contributed by atoms with van der Waals surface area (Å²) in [6.07, 6.45) is 7.17. The van der Waals surface area contributed by atoms with Crippen LogP contribution in [0.2, 0.25) is 0 Å². The van der Waals surface area contributed by atoms with Crippen molar-refractivity contribution in [2.75, 3.05) is 0 Å². The minimum Gasteiger partial charge on any atom is -0.271 e. The maximum absolute atomic E-state index is 5.70. The van der Waals surface area contributed by atoms with Crippen LogP contribution in [0.5, 0.6) is 0 Å². The number of rotatable bonds is 3. The van der Waals surface area contributed by atoms with Crippen LogP contribution in [-0.2, 0) is 0 Å². The van der Waals surface area contributed by atoms with Gasteiger partial charge in [-0.25, -0.2) is 9.94 Å². The second-order valence-corrected chi connectivity index (χ2v) is 5.37. The van der Waals surface area contributed by atoms with Crippen LogP contribution in [0.1, 0.15) is 21.4 Å². The molecular weight excluding hydrogens is 246 g/mol. The Bertz CT molecular complexity index is 672. The van der Waals surface area contributed by atoms with Gasteiger partial charge in [0.05, 0.1) is 24.0 Å². The zero-order chi connectivity index (χ0) is 12.5. The molecule has 3 aromatic heterocycles. The standard InChI is InChI=1S/C12H13N5S/c1-8-2-3-11(18-8)12(16-13)9-6-15-17-5-4-14-7-10(9)17/h2-7,12,16H,13H2,1H3. The molecule has 0 saturated carbocycles. The van der Waals surface area contributed by atoms with Crippen molar-refractivity contribution < 1.29 is 0 Å². The van der Waals surface area contributed by atoms with Crippen molar-refractivity contribution in [3.63, 3.8) is 0 Å². The average Bonchev–Trinajstić information content (AvgIpc) is 2.98. The first-order valence-electron chi connectivity index (χ1n) is 5.59. The van der Waals surface area contributed by atoms with Crippen molar-refractivity contribution in [3.8, 4) is 0 Å². The molecule has 92 valence electrons. The Labute approximate surface area is 108 Å². The number of aryl methyl sites for hydroxylation is 1. The molecule has 3 heterocycles. The lowest BCUT2D eigenvalue weighted by Gasteiger charge is -2.12. The van der Waals surface area contributed by atoms with E-state index in [4.69, 9.17) is 5.84 Å². The summed E-state index contributed by atoms with van der Waals surface area (Å²) < 4.78 is 1.80. The normalized spacial score (nSPS) is 13.0. The van der Waals surface area contributed by atoms with Crippen molar-refractivity contribution in [1.29, 1.82) is 0 Å². The van der Waals surface area contributed by atoms with Crippen molar-refractivity contribution in [2.24, 2.45) is 5.84 Å². The first-order chi connectivity index (χ1) is 8.79. The molecule has 0 spiro atoms. The van der Waals surface area contributed by atoms with E-state index in [2.05, 4.69) is 34.6 Å². The van der Waals surface area contributed by atoms with Crippen LogP contribution in [0, 0.1) is 6.92 Å². The van der Waals surface area contributed by atoms with Gasteiger partial charge in [0.1, 0.15) is 0 Å². The quantitative estimate of drug-likeness (QED) is 0.554. The number of nitrogens with one attached hydrogen (secondary N) is 1. The highest BCUT2D eigenvalue weighted by atomic mass is 32.1. The van der Waals surface area contributed by atoms with E-state index in [-0.39, 0.29) is 6.04 Å². The van der Waals surface area contributed by atoms with Crippen molar-refractivity contribution in [1.82, 2.24) is 20.0 Å². The second-order valence-electron chi connectivity index (χ2n) is 4.05. The number of hydrogen-bond acceptors (Lipinski definition) is 5. The van der Waals surface area contributed by atoms with Gasteiger partial charge in [-0.3, -0.25) is 10.8 Å². The van der Waals surface area contributed by atoms with Gasteiger partial charge in [0.25, 0.3) is 0 Å². The smallest absolute Gasteiger partial charge is 0.0896 e. The van der Waals surface area contributed by atoms with Gasteiger partial charge in [0.2, 0.25) is 0 Å². The first kappa shape index (κ1) is 11.3. The van der Waals surface area contributed by atoms with Gasteiger partial charge in [-0.1, -0.05) is 0 Å². The van der Waals surface area contributed by atoms with Gasteiger partial charge in [-0.2, -0.15) is 5.10 Å². The largest absolute Gasteiger partial charge is 0.271 e. The molecule has 0 amide bonds. The van der Waals surface area contributed by atoms with Crippen LogP contribution in [0.4, 0.5) is 0 Å². The molecule has 3 rings (SSSR count). The average molecular weight is 259 g/mol. The zero-order valence-corrected chi connectivity index (χ0v) is 10.7. The monoisotopic (exact) mass is 259 g/mol. The molecule has 1 unspecified atom stereocenters. The molecule has 3 aromatic rings. The van der Waals surface area contributed by atoms with Crippen molar-refractivity contribution in [3.05, 3.63) is 52.2 Å². The fraction of sp³-hybridized carbons (Fsp3) is 0.167. The summed E-state index contributed by atoms with van der Waals surface area (Å²) >= 11 is 1.73. The Kier molecular flexibility index (Phi) is 2.83. The van der Waals surface area contributed by atoms with E-state index in [1.54, 1.807) is 28.2 Å². The molecular formula is C12H13N5S. The minimum absolute atomic E-state index is 0.0506. The fourth-order valence-electron chi connectivity index (χ4n) is 2.01. The third-order valence-electron chi connectivity index (χ3n) is 2.88. The lowest BCUT2D eigenvalue weighted by Crippen LogP contribution is -2.28. The molecule has 1 atom stereocenters. The minimum atomic E-state index is -0.0506. The predicted molar refractivity (Wildman–Crippen MR) is 71.2 cm³/mol. The highest BCUT2D eigenvalue weighted by Gasteiger charge is 2.18.